The molecule has 1 unspecified atom stereocenters. The van der Waals surface area contributed by atoms with Crippen molar-refractivity contribution >= 4 is 11.9 Å². The summed E-state index contributed by atoms with van der Waals surface area (Å²) in [5.74, 6) is -0.813. The maximum atomic E-state index is 11.3. The Morgan fingerprint density at radius 3 is 2.86 bits per heavy atom. The van der Waals surface area contributed by atoms with Gasteiger partial charge in [-0.2, -0.15) is 0 Å². The smallest absolute Gasteiger partial charge is 0.325 e. The minimum atomic E-state index is -0.997. The second kappa shape index (κ2) is 4.95. The lowest BCUT2D eigenvalue weighted by atomic mass is 10.0. The average molecular weight is 200 g/mol. The zero-order chi connectivity index (χ0) is 10.6. The molecule has 0 aromatic carbocycles. The van der Waals surface area contributed by atoms with Gasteiger partial charge in [-0.3, -0.25) is 9.59 Å². The van der Waals surface area contributed by atoms with E-state index in [-0.39, 0.29) is 5.91 Å². The summed E-state index contributed by atoms with van der Waals surface area (Å²) in [6, 6.07) is -0.795. The second-order valence-corrected chi connectivity index (χ2v) is 3.69. The van der Waals surface area contributed by atoms with Crippen LogP contribution in [0, 0.1) is 5.92 Å². The van der Waals surface area contributed by atoms with Crippen LogP contribution in [0.2, 0.25) is 0 Å². The zero-order valence-corrected chi connectivity index (χ0v) is 8.25. The normalized spacial score (nSPS) is 23.1. The molecule has 1 saturated heterocycles. The highest BCUT2D eigenvalue weighted by Crippen LogP contribution is 2.11. The zero-order valence-electron chi connectivity index (χ0n) is 8.25. The molecule has 1 heterocycles. The minimum Gasteiger partial charge on any atom is -0.480 e. The fourth-order valence-electron chi connectivity index (χ4n) is 1.51. The van der Waals surface area contributed by atoms with Crippen molar-refractivity contribution in [2.75, 3.05) is 13.1 Å². The number of rotatable bonds is 4. The molecule has 5 heteroatoms. The first-order valence-electron chi connectivity index (χ1n) is 4.82. The molecule has 0 saturated carbocycles. The third-order valence-electron chi connectivity index (χ3n) is 2.38. The summed E-state index contributed by atoms with van der Waals surface area (Å²) in [7, 11) is 0. The molecule has 1 fully saturated rings. The Bertz CT molecular complexity index is 224. The molecule has 1 aliphatic heterocycles. The van der Waals surface area contributed by atoms with Crippen LogP contribution in [0.25, 0.3) is 0 Å². The van der Waals surface area contributed by atoms with Crippen molar-refractivity contribution in [3.05, 3.63) is 0 Å². The van der Waals surface area contributed by atoms with Crippen molar-refractivity contribution in [2.24, 2.45) is 5.92 Å². The number of amides is 1. The third-order valence-corrected chi connectivity index (χ3v) is 2.38. The van der Waals surface area contributed by atoms with Gasteiger partial charge in [-0.25, -0.2) is 0 Å². The molecule has 0 aliphatic carbocycles. The fraction of sp³-hybridized carbons (Fsp3) is 0.778. The minimum absolute atomic E-state index is 0.173. The van der Waals surface area contributed by atoms with E-state index in [2.05, 4.69) is 10.6 Å². The summed E-state index contributed by atoms with van der Waals surface area (Å²) in [5.41, 5.74) is 0. The van der Waals surface area contributed by atoms with Crippen LogP contribution < -0.4 is 10.6 Å². The van der Waals surface area contributed by atoms with Gasteiger partial charge in [0.05, 0.1) is 0 Å². The summed E-state index contributed by atoms with van der Waals surface area (Å²) in [6.45, 7) is 3.27. The van der Waals surface area contributed by atoms with Crippen LogP contribution in [0.3, 0.4) is 0 Å². The van der Waals surface area contributed by atoms with Crippen LogP contribution in [0.15, 0.2) is 0 Å². The molecule has 14 heavy (non-hydrogen) atoms. The molecule has 0 bridgehead atoms. The first-order valence-corrected chi connectivity index (χ1v) is 4.82. The Balaban J connectivity index is 2.24. The molecule has 3 N–H and O–H groups in total. The molecule has 1 rings (SSSR count). The van der Waals surface area contributed by atoms with Gasteiger partial charge in [0, 0.05) is 6.42 Å². The van der Waals surface area contributed by atoms with Crippen LogP contribution in [-0.4, -0.2) is 36.1 Å². The van der Waals surface area contributed by atoms with E-state index >= 15 is 0 Å². The van der Waals surface area contributed by atoms with Gasteiger partial charge in [0.1, 0.15) is 6.04 Å². The van der Waals surface area contributed by atoms with Crippen molar-refractivity contribution in [2.45, 2.75) is 25.8 Å². The molecular formula is C9H16N2O3. The van der Waals surface area contributed by atoms with Gasteiger partial charge in [-0.15, -0.1) is 0 Å². The van der Waals surface area contributed by atoms with E-state index in [1.54, 1.807) is 0 Å². The predicted molar refractivity (Wildman–Crippen MR) is 50.8 cm³/mol. The average Bonchev–Trinajstić information content (AvgIpc) is 2.56. The standard InChI is InChI=1S/C9H16N2O3/c1-6(9(13)14)11-8(12)4-7-2-3-10-5-7/h6-7,10H,2-5H2,1H3,(H,11,12)(H,13,14)/t6-,7?/m1/s1. The highest BCUT2D eigenvalue weighted by Gasteiger charge is 2.20. The number of hydrogen-bond donors (Lipinski definition) is 3. The van der Waals surface area contributed by atoms with Gasteiger partial charge < -0.3 is 15.7 Å². The Labute approximate surface area is 82.9 Å². The first kappa shape index (κ1) is 11.0. The van der Waals surface area contributed by atoms with E-state index in [9.17, 15) is 9.59 Å². The summed E-state index contributed by atoms with van der Waals surface area (Å²) in [5, 5.41) is 14.2. The number of hydrogen-bond acceptors (Lipinski definition) is 3. The summed E-state index contributed by atoms with van der Waals surface area (Å²) in [6.07, 6.45) is 1.42. The van der Waals surface area contributed by atoms with Gasteiger partial charge in [0.25, 0.3) is 0 Å². The predicted octanol–water partition coefficient (Wildman–Crippen LogP) is -0.425. The van der Waals surface area contributed by atoms with Gasteiger partial charge in [0.15, 0.2) is 0 Å². The molecule has 2 atom stereocenters. The van der Waals surface area contributed by atoms with Crippen molar-refractivity contribution in [3.63, 3.8) is 0 Å². The second-order valence-electron chi connectivity index (χ2n) is 3.69. The summed E-state index contributed by atoms with van der Waals surface area (Å²) >= 11 is 0. The largest absolute Gasteiger partial charge is 0.480 e. The van der Waals surface area contributed by atoms with Crippen molar-refractivity contribution in [1.29, 1.82) is 0 Å². The van der Waals surface area contributed by atoms with E-state index in [1.807, 2.05) is 0 Å². The quantitative estimate of drug-likeness (QED) is 0.575. The topological polar surface area (TPSA) is 78.4 Å². The first-order chi connectivity index (χ1) is 6.59. The lowest BCUT2D eigenvalue weighted by Crippen LogP contribution is -2.39. The summed E-state index contributed by atoms with van der Waals surface area (Å²) in [4.78, 5) is 21.8. The number of carbonyl (C=O) groups is 2. The molecule has 1 amide bonds. The van der Waals surface area contributed by atoms with Gasteiger partial charge >= 0.3 is 5.97 Å². The Morgan fingerprint density at radius 1 is 1.64 bits per heavy atom. The molecule has 0 aromatic heterocycles. The molecule has 80 valence electrons. The number of nitrogens with one attached hydrogen (secondary N) is 2. The van der Waals surface area contributed by atoms with Gasteiger partial charge in [-0.1, -0.05) is 0 Å². The van der Waals surface area contributed by atoms with Crippen LogP contribution in [0.5, 0.6) is 0 Å². The van der Waals surface area contributed by atoms with E-state index < -0.39 is 12.0 Å². The lowest BCUT2D eigenvalue weighted by Gasteiger charge is -2.11. The van der Waals surface area contributed by atoms with Crippen molar-refractivity contribution in [1.82, 2.24) is 10.6 Å². The van der Waals surface area contributed by atoms with E-state index in [0.29, 0.717) is 12.3 Å². The molecule has 5 nitrogen and oxygen atoms in total. The number of carboxylic acid groups (broad SMARTS) is 1. The van der Waals surface area contributed by atoms with Crippen LogP contribution in [-0.2, 0) is 9.59 Å². The Hall–Kier alpha value is -1.10. The molecule has 0 aromatic rings. The maximum Gasteiger partial charge on any atom is 0.325 e. The van der Waals surface area contributed by atoms with E-state index in [0.717, 1.165) is 19.5 Å². The SMILES string of the molecule is C[C@@H](NC(=O)CC1CCNC1)C(=O)O. The highest BCUT2D eigenvalue weighted by atomic mass is 16.4. The van der Waals surface area contributed by atoms with E-state index in [4.69, 9.17) is 5.11 Å². The number of carbonyl (C=O) groups excluding carboxylic acids is 1. The number of aliphatic carboxylic acids is 1. The molecular weight excluding hydrogens is 184 g/mol. The van der Waals surface area contributed by atoms with E-state index in [1.165, 1.54) is 6.92 Å². The summed E-state index contributed by atoms with van der Waals surface area (Å²) < 4.78 is 0. The molecule has 0 spiro atoms. The Morgan fingerprint density at radius 2 is 2.36 bits per heavy atom. The van der Waals surface area contributed by atoms with Crippen LogP contribution in [0.1, 0.15) is 19.8 Å². The van der Waals surface area contributed by atoms with Crippen molar-refractivity contribution in [3.8, 4) is 0 Å². The van der Waals surface area contributed by atoms with Gasteiger partial charge in [-0.05, 0) is 32.4 Å². The highest BCUT2D eigenvalue weighted by molar-refractivity contribution is 5.83. The third kappa shape index (κ3) is 3.33. The van der Waals surface area contributed by atoms with Crippen LogP contribution >= 0.6 is 0 Å². The van der Waals surface area contributed by atoms with Crippen molar-refractivity contribution < 1.29 is 14.7 Å². The lowest BCUT2D eigenvalue weighted by molar-refractivity contribution is -0.141. The monoisotopic (exact) mass is 200 g/mol. The van der Waals surface area contributed by atoms with Gasteiger partial charge in [0.2, 0.25) is 5.91 Å². The van der Waals surface area contributed by atoms with Crippen LogP contribution in [0.4, 0.5) is 0 Å². The fourth-order valence-corrected chi connectivity index (χ4v) is 1.51. The number of carboxylic acids is 1. The maximum absolute atomic E-state index is 11.3. The Kier molecular flexibility index (Phi) is 3.88. The molecule has 0 radical (unpaired) electrons. The molecule has 1 aliphatic rings.